The van der Waals surface area contributed by atoms with E-state index in [9.17, 15) is 23.3 Å². The Morgan fingerprint density at radius 2 is 2.27 bits per heavy atom. The van der Waals surface area contributed by atoms with E-state index in [1.165, 1.54) is 17.6 Å². The highest BCUT2D eigenvalue weighted by Gasteiger charge is 2.39. The van der Waals surface area contributed by atoms with Crippen LogP contribution in [0.5, 0.6) is 0 Å². The molecule has 11 heteroatoms. The highest BCUT2D eigenvalue weighted by molar-refractivity contribution is 5.81. The largest absolute Gasteiger partial charge is 0.455 e. The van der Waals surface area contributed by atoms with E-state index in [-0.39, 0.29) is 6.42 Å². The molecule has 0 saturated carbocycles. The SMILES string of the molecule is C[C@H](Cc1ccc2nccn2n1)N=C(O[N+](=O)[O-])C(F)(F)F. The van der Waals surface area contributed by atoms with Crippen LogP contribution in [0.15, 0.2) is 29.5 Å². The predicted molar refractivity (Wildman–Crippen MR) is 67.7 cm³/mol. The average Bonchev–Trinajstić information content (AvgIpc) is 2.83. The summed E-state index contributed by atoms with van der Waals surface area (Å²) in [5.41, 5.74) is 1.05. The Morgan fingerprint density at radius 1 is 1.55 bits per heavy atom. The van der Waals surface area contributed by atoms with Gasteiger partial charge in [0.15, 0.2) is 5.65 Å². The second-order valence-electron chi connectivity index (χ2n) is 4.35. The van der Waals surface area contributed by atoms with E-state index < -0.39 is 23.2 Å². The van der Waals surface area contributed by atoms with Gasteiger partial charge in [0.1, 0.15) is 0 Å². The molecule has 0 aromatic carbocycles. The molecule has 0 aliphatic rings. The second-order valence-corrected chi connectivity index (χ2v) is 4.35. The molecule has 2 heterocycles. The van der Waals surface area contributed by atoms with Crippen molar-refractivity contribution in [1.82, 2.24) is 14.6 Å². The maximum Gasteiger partial charge on any atom is 0.455 e. The van der Waals surface area contributed by atoms with Crippen molar-refractivity contribution in [3.8, 4) is 0 Å². The second kappa shape index (κ2) is 5.95. The Labute approximate surface area is 121 Å². The Bertz CT molecular complexity index is 712. The Kier molecular flexibility index (Phi) is 4.24. The maximum atomic E-state index is 12.6. The molecular formula is C11H10F3N5O3. The molecule has 2 aromatic heterocycles. The minimum absolute atomic E-state index is 0.0504. The average molecular weight is 317 g/mol. The third-order valence-electron chi connectivity index (χ3n) is 2.56. The molecule has 0 unspecified atom stereocenters. The van der Waals surface area contributed by atoms with Crippen LogP contribution in [0.3, 0.4) is 0 Å². The summed E-state index contributed by atoms with van der Waals surface area (Å²) in [5.74, 6) is -1.89. The number of halogens is 3. The molecular weight excluding hydrogens is 307 g/mol. The first kappa shape index (κ1) is 15.7. The van der Waals surface area contributed by atoms with E-state index in [0.29, 0.717) is 11.3 Å². The van der Waals surface area contributed by atoms with Crippen molar-refractivity contribution in [3.05, 3.63) is 40.3 Å². The summed E-state index contributed by atoms with van der Waals surface area (Å²) in [6, 6.07) is 2.33. The molecule has 2 rings (SSSR count). The number of alkyl halides is 3. The van der Waals surface area contributed by atoms with Crippen molar-refractivity contribution in [2.24, 2.45) is 4.99 Å². The summed E-state index contributed by atoms with van der Waals surface area (Å²) in [5, 5.41) is 12.7. The topological polar surface area (TPSA) is 94.9 Å². The van der Waals surface area contributed by atoms with Crippen LogP contribution >= 0.6 is 0 Å². The van der Waals surface area contributed by atoms with Gasteiger partial charge in [0, 0.05) is 18.8 Å². The van der Waals surface area contributed by atoms with E-state index in [1.807, 2.05) is 0 Å². The molecule has 0 aliphatic heterocycles. The zero-order valence-electron chi connectivity index (χ0n) is 11.2. The fraction of sp³-hybridized carbons (Fsp3) is 0.364. The zero-order chi connectivity index (χ0) is 16.3. The van der Waals surface area contributed by atoms with Crippen LogP contribution in [-0.2, 0) is 11.3 Å². The third-order valence-corrected chi connectivity index (χ3v) is 2.56. The standard InChI is InChI=1S/C11H10F3N5O3/c1-7(16-10(11(12,13)14)22-19(20)21)6-8-2-3-9-15-4-5-18(9)17-8/h2-5,7H,6H2,1H3/t7-/m1/s1. The predicted octanol–water partition coefficient (Wildman–Crippen LogP) is 1.83. The maximum absolute atomic E-state index is 12.6. The Hall–Kier alpha value is -2.72. The lowest BCUT2D eigenvalue weighted by Gasteiger charge is -2.11. The van der Waals surface area contributed by atoms with Gasteiger partial charge < -0.3 is 0 Å². The molecule has 0 fully saturated rings. The number of nitrogens with zero attached hydrogens (tertiary/aromatic N) is 5. The summed E-state index contributed by atoms with van der Waals surface area (Å²) < 4.78 is 39.1. The number of hydrogen-bond acceptors (Lipinski definition) is 6. The lowest BCUT2D eigenvalue weighted by atomic mass is 10.2. The van der Waals surface area contributed by atoms with Gasteiger partial charge in [-0.3, -0.25) is 9.83 Å². The molecule has 0 amide bonds. The minimum atomic E-state index is -5.04. The molecule has 8 nitrogen and oxygen atoms in total. The summed E-state index contributed by atoms with van der Waals surface area (Å²) >= 11 is 0. The van der Waals surface area contributed by atoms with Crippen molar-refractivity contribution >= 4 is 11.5 Å². The highest BCUT2D eigenvalue weighted by atomic mass is 19.4. The number of aromatic nitrogens is 3. The van der Waals surface area contributed by atoms with Gasteiger partial charge in [-0.2, -0.15) is 18.3 Å². The Balaban J connectivity index is 2.16. The van der Waals surface area contributed by atoms with E-state index in [1.54, 1.807) is 18.3 Å². The van der Waals surface area contributed by atoms with Gasteiger partial charge in [-0.25, -0.2) is 9.50 Å². The van der Waals surface area contributed by atoms with Crippen LogP contribution < -0.4 is 0 Å². The normalized spacial score (nSPS) is 14.1. The van der Waals surface area contributed by atoms with Gasteiger partial charge in [-0.15, -0.1) is 10.1 Å². The van der Waals surface area contributed by atoms with Gasteiger partial charge in [-0.05, 0) is 19.1 Å². The number of imidazole rings is 1. The van der Waals surface area contributed by atoms with E-state index in [4.69, 9.17) is 0 Å². The molecule has 2 aromatic rings. The van der Waals surface area contributed by atoms with Gasteiger partial charge >= 0.3 is 11.3 Å². The van der Waals surface area contributed by atoms with Gasteiger partial charge in [0.25, 0.3) is 5.90 Å². The molecule has 118 valence electrons. The fourth-order valence-electron chi connectivity index (χ4n) is 1.73. The molecule has 0 aliphatic carbocycles. The monoisotopic (exact) mass is 317 g/mol. The Morgan fingerprint density at radius 3 is 2.91 bits per heavy atom. The first-order valence-electron chi connectivity index (χ1n) is 6.02. The van der Waals surface area contributed by atoms with E-state index in [2.05, 4.69) is 19.9 Å². The molecule has 22 heavy (non-hydrogen) atoms. The summed E-state index contributed by atoms with van der Waals surface area (Å²) in [6.45, 7) is 1.37. The summed E-state index contributed by atoms with van der Waals surface area (Å²) in [7, 11) is 0. The number of fused-ring (bicyclic) bond motifs is 1. The summed E-state index contributed by atoms with van der Waals surface area (Å²) in [6.07, 6.45) is -1.87. The quantitative estimate of drug-likeness (QED) is 0.371. The van der Waals surface area contributed by atoms with Crippen molar-refractivity contribution in [3.63, 3.8) is 0 Å². The third kappa shape index (κ3) is 3.90. The molecule has 0 spiro atoms. The van der Waals surface area contributed by atoms with Crippen molar-refractivity contribution in [2.75, 3.05) is 0 Å². The van der Waals surface area contributed by atoms with Crippen LogP contribution in [0.25, 0.3) is 5.65 Å². The van der Waals surface area contributed by atoms with Crippen molar-refractivity contribution < 1.29 is 23.1 Å². The molecule has 1 atom stereocenters. The summed E-state index contributed by atoms with van der Waals surface area (Å²) in [4.78, 5) is 20.8. The van der Waals surface area contributed by atoms with Crippen LogP contribution in [0.4, 0.5) is 13.2 Å². The number of aliphatic imine (C=N–C) groups is 1. The molecule has 0 bridgehead atoms. The van der Waals surface area contributed by atoms with E-state index in [0.717, 1.165) is 0 Å². The number of rotatable bonds is 4. The van der Waals surface area contributed by atoms with Crippen molar-refractivity contribution in [1.29, 1.82) is 0 Å². The van der Waals surface area contributed by atoms with Crippen LogP contribution in [0.2, 0.25) is 0 Å². The highest BCUT2D eigenvalue weighted by Crippen LogP contribution is 2.19. The fourth-order valence-corrected chi connectivity index (χ4v) is 1.73. The van der Waals surface area contributed by atoms with Crippen LogP contribution in [0, 0.1) is 10.1 Å². The first-order valence-corrected chi connectivity index (χ1v) is 6.02. The van der Waals surface area contributed by atoms with Gasteiger partial charge in [0.2, 0.25) is 0 Å². The van der Waals surface area contributed by atoms with Crippen LogP contribution in [0.1, 0.15) is 12.6 Å². The van der Waals surface area contributed by atoms with E-state index >= 15 is 0 Å². The van der Waals surface area contributed by atoms with Crippen molar-refractivity contribution in [2.45, 2.75) is 25.6 Å². The smallest absolute Gasteiger partial charge is 0.256 e. The number of hydrogen-bond donors (Lipinski definition) is 0. The lowest BCUT2D eigenvalue weighted by molar-refractivity contribution is -0.726. The van der Waals surface area contributed by atoms with Gasteiger partial charge in [-0.1, -0.05) is 0 Å². The minimum Gasteiger partial charge on any atom is -0.256 e. The molecule has 0 saturated heterocycles. The first-order chi connectivity index (χ1) is 10.3. The van der Waals surface area contributed by atoms with Crippen LogP contribution in [-0.4, -0.2) is 37.8 Å². The zero-order valence-corrected chi connectivity index (χ0v) is 11.2. The molecule has 0 radical (unpaired) electrons. The molecule has 0 N–H and O–H groups in total. The lowest BCUT2D eigenvalue weighted by Crippen LogP contribution is -2.30. The van der Waals surface area contributed by atoms with Gasteiger partial charge in [0.05, 0.1) is 11.7 Å².